The van der Waals surface area contributed by atoms with E-state index in [-0.39, 0.29) is 12.3 Å². The molecule has 6 heteroatoms. The fraction of sp³-hybridized carbons (Fsp3) is 0.889. The summed E-state index contributed by atoms with van der Waals surface area (Å²) in [5.41, 5.74) is 5.09. The Morgan fingerprint density at radius 1 is 1.40 bits per heavy atom. The van der Waals surface area contributed by atoms with Crippen LogP contribution in [-0.4, -0.2) is 62.6 Å². The minimum Gasteiger partial charge on any atom is -0.388 e. The second-order valence-corrected chi connectivity index (χ2v) is 3.47. The van der Waals surface area contributed by atoms with Gasteiger partial charge in [0, 0.05) is 6.54 Å². The summed E-state index contributed by atoms with van der Waals surface area (Å²) >= 11 is 0. The fourth-order valence-corrected chi connectivity index (χ4v) is 0.839. The van der Waals surface area contributed by atoms with Crippen LogP contribution in [-0.2, 0) is 9.47 Å². The van der Waals surface area contributed by atoms with Crippen molar-refractivity contribution >= 4 is 5.84 Å². The standard InChI is InChI=1S/C9H21N3O3/c1-12(2)3-4-14-5-6-15-9(13)7-8(10)11/h9,13H,3-7H2,1-2H3,(H3,10,11). The van der Waals surface area contributed by atoms with Gasteiger partial charge >= 0.3 is 0 Å². The number of aliphatic hydroxyl groups is 1. The number of aliphatic hydroxyl groups excluding tert-OH is 1. The molecule has 0 aliphatic carbocycles. The minimum atomic E-state index is -1.00. The Kier molecular flexibility index (Phi) is 8.21. The van der Waals surface area contributed by atoms with Crippen molar-refractivity contribution < 1.29 is 14.6 Å². The van der Waals surface area contributed by atoms with Gasteiger partial charge in [0.15, 0.2) is 6.29 Å². The van der Waals surface area contributed by atoms with E-state index in [1.54, 1.807) is 0 Å². The molecule has 0 aromatic rings. The molecule has 0 aromatic heterocycles. The minimum absolute atomic E-state index is 0.0394. The molecule has 0 radical (unpaired) electrons. The molecule has 0 spiro atoms. The lowest BCUT2D eigenvalue weighted by Gasteiger charge is -2.12. The van der Waals surface area contributed by atoms with Crippen LogP contribution in [0.5, 0.6) is 0 Å². The number of nitrogens with two attached hydrogens (primary N) is 1. The Balaban J connectivity index is 3.20. The second kappa shape index (κ2) is 8.60. The highest BCUT2D eigenvalue weighted by atomic mass is 16.6. The third-order valence-electron chi connectivity index (χ3n) is 1.62. The molecular weight excluding hydrogens is 198 g/mol. The van der Waals surface area contributed by atoms with Crippen molar-refractivity contribution in [3.63, 3.8) is 0 Å². The van der Waals surface area contributed by atoms with E-state index >= 15 is 0 Å². The maximum absolute atomic E-state index is 9.16. The first-order valence-electron chi connectivity index (χ1n) is 4.87. The van der Waals surface area contributed by atoms with Crippen LogP contribution in [0.3, 0.4) is 0 Å². The largest absolute Gasteiger partial charge is 0.388 e. The zero-order valence-electron chi connectivity index (χ0n) is 9.40. The Bertz CT molecular complexity index is 176. The van der Waals surface area contributed by atoms with Crippen LogP contribution in [0.2, 0.25) is 0 Å². The summed E-state index contributed by atoms with van der Waals surface area (Å²) in [5, 5.41) is 16.1. The Labute approximate surface area is 90.5 Å². The quantitative estimate of drug-likeness (QED) is 0.205. The molecule has 90 valence electrons. The van der Waals surface area contributed by atoms with E-state index < -0.39 is 6.29 Å². The molecule has 0 aliphatic rings. The predicted molar refractivity (Wildman–Crippen MR) is 57.9 cm³/mol. The maximum Gasteiger partial charge on any atom is 0.161 e. The van der Waals surface area contributed by atoms with E-state index in [0.29, 0.717) is 19.8 Å². The first kappa shape index (κ1) is 14.3. The zero-order chi connectivity index (χ0) is 11.7. The molecule has 0 saturated carbocycles. The van der Waals surface area contributed by atoms with Crippen LogP contribution >= 0.6 is 0 Å². The van der Waals surface area contributed by atoms with Gasteiger partial charge in [-0.05, 0) is 14.1 Å². The van der Waals surface area contributed by atoms with Gasteiger partial charge in [0.1, 0.15) is 0 Å². The van der Waals surface area contributed by atoms with E-state index in [4.69, 9.17) is 25.7 Å². The van der Waals surface area contributed by atoms with Gasteiger partial charge in [-0.1, -0.05) is 0 Å². The zero-order valence-corrected chi connectivity index (χ0v) is 9.40. The van der Waals surface area contributed by atoms with E-state index in [1.807, 2.05) is 19.0 Å². The van der Waals surface area contributed by atoms with Crippen LogP contribution in [0.25, 0.3) is 0 Å². The van der Waals surface area contributed by atoms with Crippen LogP contribution < -0.4 is 5.73 Å². The average Bonchev–Trinajstić information content (AvgIpc) is 2.09. The Morgan fingerprint density at radius 2 is 2.07 bits per heavy atom. The number of hydrogen-bond donors (Lipinski definition) is 3. The summed E-state index contributed by atoms with van der Waals surface area (Å²) < 4.78 is 10.2. The summed E-state index contributed by atoms with van der Waals surface area (Å²) in [6, 6.07) is 0. The molecule has 0 aliphatic heterocycles. The van der Waals surface area contributed by atoms with Gasteiger partial charge in [0.25, 0.3) is 0 Å². The van der Waals surface area contributed by atoms with Crippen molar-refractivity contribution in [2.45, 2.75) is 12.7 Å². The molecule has 0 amide bonds. The highest BCUT2D eigenvalue weighted by Crippen LogP contribution is 1.93. The molecular formula is C9H21N3O3. The van der Waals surface area contributed by atoms with Crippen molar-refractivity contribution in [2.24, 2.45) is 5.73 Å². The second-order valence-electron chi connectivity index (χ2n) is 3.47. The smallest absolute Gasteiger partial charge is 0.161 e. The van der Waals surface area contributed by atoms with Crippen LogP contribution in [0.4, 0.5) is 0 Å². The van der Waals surface area contributed by atoms with Gasteiger partial charge in [-0.3, -0.25) is 5.41 Å². The first-order valence-corrected chi connectivity index (χ1v) is 4.87. The number of nitrogens with zero attached hydrogens (tertiary/aromatic N) is 1. The third kappa shape index (κ3) is 11.2. The van der Waals surface area contributed by atoms with E-state index in [2.05, 4.69) is 0 Å². The monoisotopic (exact) mass is 219 g/mol. The van der Waals surface area contributed by atoms with Crippen molar-refractivity contribution in [1.29, 1.82) is 5.41 Å². The summed E-state index contributed by atoms with van der Waals surface area (Å²) in [6.07, 6.45) is -0.961. The topological polar surface area (TPSA) is 91.8 Å². The molecule has 0 fully saturated rings. The van der Waals surface area contributed by atoms with Gasteiger partial charge in [-0.2, -0.15) is 0 Å². The number of likely N-dealkylation sites (N-methyl/N-ethyl adjacent to an activating group) is 1. The maximum atomic E-state index is 9.16. The van der Waals surface area contributed by atoms with E-state index in [0.717, 1.165) is 6.54 Å². The lowest BCUT2D eigenvalue weighted by atomic mass is 10.4. The molecule has 15 heavy (non-hydrogen) atoms. The third-order valence-corrected chi connectivity index (χ3v) is 1.62. The highest BCUT2D eigenvalue weighted by Gasteiger charge is 2.04. The summed E-state index contributed by atoms with van der Waals surface area (Å²) in [7, 11) is 3.94. The molecule has 0 aromatic carbocycles. The molecule has 6 nitrogen and oxygen atoms in total. The number of hydrogen-bond acceptors (Lipinski definition) is 5. The normalized spacial score (nSPS) is 13.1. The number of ether oxygens (including phenoxy) is 2. The number of amidine groups is 1. The van der Waals surface area contributed by atoms with Gasteiger partial charge in [0.05, 0.1) is 32.1 Å². The number of rotatable bonds is 9. The molecule has 0 bridgehead atoms. The lowest BCUT2D eigenvalue weighted by Crippen LogP contribution is -2.24. The van der Waals surface area contributed by atoms with Crippen molar-refractivity contribution in [2.75, 3.05) is 40.5 Å². The lowest BCUT2D eigenvalue weighted by molar-refractivity contribution is -0.107. The van der Waals surface area contributed by atoms with Crippen LogP contribution in [0.15, 0.2) is 0 Å². The van der Waals surface area contributed by atoms with Crippen LogP contribution in [0.1, 0.15) is 6.42 Å². The Morgan fingerprint density at radius 3 is 2.60 bits per heavy atom. The molecule has 1 atom stereocenters. The highest BCUT2D eigenvalue weighted by molar-refractivity contribution is 5.77. The summed E-state index contributed by atoms with van der Waals surface area (Å²) in [4.78, 5) is 2.02. The molecule has 0 saturated heterocycles. The first-order chi connectivity index (χ1) is 7.02. The summed E-state index contributed by atoms with van der Waals surface area (Å²) in [6.45, 7) is 2.24. The van der Waals surface area contributed by atoms with E-state index in [1.165, 1.54) is 0 Å². The predicted octanol–water partition coefficient (Wildman–Crippen LogP) is -0.774. The van der Waals surface area contributed by atoms with Gasteiger partial charge < -0.3 is 25.2 Å². The van der Waals surface area contributed by atoms with Crippen molar-refractivity contribution in [3.8, 4) is 0 Å². The molecule has 0 heterocycles. The molecule has 1 unspecified atom stereocenters. The SMILES string of the molecule is CN(C)CCOCCOC(O)CC(=N)N. The summed E-state index contributed by atoms with van der Waals surface area (Å²) in [5.74, 6) is -0.0870. The van der Waals surface area contributed by atoms with E-state index in [9.17, 15) is 0 Å². The average molecular weight is 219 g/mol. The number of nitrogens with one attached hydrogen (secondary N) is 1. The van der Waals surface area contributed by atoms with Gasteiger partial charge in [0.2, 0.25) is 0 Å². The Hall–Kier alpha value is -0.690. The van der Waals surface area contributed by atoms with Gasteiger partial charge in [-0.25, -0.2) is 0 Å². The van der Waals surface area contributed by atoms with Crippen molar-refractivity contribution in [3.05, 3.63) is 0 Å². The van der Waals surface area contributed by atoms with Crippen LogP contribution in [0, 0.1) is 5.41 Å². The molecule has 4 N–H and O–H groups in total. The van der Waals surface area contributed by atoms with Crippen molar-refractivity contribution in [1.82, 2.24) is 4.90 Å². The fourth-order valence-electron chi connectivity index (χ4n) is 0.839. The van der Waals surface area contributed by atoms with Gasteiger partial charge in [-0.15, -0.1) is 0 Å². The molecule has 0 rings (SSSR count).